The monoisotopic (exact) mass is 237 g/mol. The molecule has 0 bridgehead atoms. The van der Waals surface area contributed by atoms with E-state index in [2.05, 4.69) is 9.99 Å². The number of aromatic carboxylic acids is 1. The van der Waals surface area contributed by atoms with E-state index in [0.717, 1.165) is 6.42 Å². The standard InChI is InChI=1S/C12H15NO4/c1-3-6-17-11-5-4-9(8-13-16-2)7-10(11)12(14)15/h4-5,7-8H,3,6H2,1-2H3,(H,14,15). The van der Waals surface area contributed by atoms with Crippen molar-refractivity contribution in [1.29, 1.82) is 0 Å². The first-order valence-electron chi connectivity index (χ1n) is 5.25. The molecule has 0 aliphatic carbocycles. The number of carboxylic acid groups (broad SMARTS) is 1. The van der Waals surface area contributed by atoms with Crippen LogP contribution in [0.4, 0.5) is 0 Å². The predicted molar refractivity (Wildman–Crippen MR) is 63.8 cm³/mol. The Bertz CT molecular complexity index is 415. The molecular weight excluding hydrogens is 222 g/mol. The molecule has 0 spiro atoms. The van der Waals surface area contributed by atoms with Crippen LogP contribution in [0.3, 0.4) is 0 Å². The van der Waals surface area contributed by atoms with Crippen LogP contribution in [0.25, 0.3) is 0 Å². The first kappa shape index (κ1) is 13.0. The van der Waals surface area contributed by atoms with Gasteiger partial charge >= 0.3 is 5.97 Å². The van der Waals surface area contributed by atoms with Crippen LogP contribution in [0.5, 0.6) is 5.75 Å². The van der Waals surface area contributed by atoms with E-state index in [1.165, 1.54) is 19.4 Å². The van der Waals surface area contributed by atoms with Crippen molar-refractivity contribution < 1.29 is 19.5 Å². The van der Waals surface area contributed by atoms with Gasteiger partial charge < -0.3 is 14.7 Å². The minimum atomic E-state index is -1.02. The summed E-state index contributed by atoms with van der Waals surface area (Å²) in [6.07, 6.45) is 2.27. The topological polar surface area (TPSA) is 68.1 Å². The summed E-state index contributed by atoms with van der Waals surface area (Å²) >= 11 is 0. The molecule has 0 aliphatic rings. The molecule has 0 unspecified atom stereocenters. The highest BCUT2D eigenvalue weighted by Crippen LogP contribution is 2.20. The van der Waals surface area contributed by atoms with Gasteiger partial charge in [0.2, 0.25) is 0 Å². The maximum Gasteiger partial charge on any atom is 0.339 e. The fourth-order valence-corrected chi connectivity index (χ4v) is 1.25. The Labute approximate surface area is 99.7 Å². The van der Waals surface area contributed by atoms with Crippen molar-refractivity contribution in [1.82, 2.24) is 0 Å². The number of nitrogens with zero attached hydrogens (tertiary/aromatic N) is 1. The van der Waals surface area contributed by atoms with E-state index in [-0.39, 0.29) is 5.56 Å². The lowest BCUT2D eigenvalue weighted by atomic mass is 10.1. The van der Waals surface area contributed by atoms with Crippen molar-refractivity contribution in [3.63, 3.8) is 0 Å². The number of hydrogen-bond donors (Lipinski definition) is 1. The van der Waals surface area contributed by atoms with Gasteiger partial charge in [0.15, 0.2) is 0 Å². The van der Waals surface area contributed by atoms with Gasteiger partial charge in [-0.1, -0.05) is 12.1 Å². The maximum atomic E-state index is 11.1. The minimum Gasteiger partial charge on any atom is -0.493 e. The van der Waals surface area contributed by atoms with Gasteiger partial charge in [-0.25, -0.2) is 4.79 Å². The Kier molecular flexibility index (Phi) is 5.00. The zero-order chi connectivity index (χ0) is 12.7. The van der Waals surface area contributed by atoms with Crippen LogP contribution < -0.4 is 4.74 Å². The van der Waals surface area contributed by atoms with E-state index in [0.29, 0.717) is 17.9 Å². The summed E-state index contributed by atoms with van der Waals surface area (Å²) in [5.74, 6) is -0.655. The summed E-state index contributed by atoms with van der Waals surface area (Å²) < 4.78 is 5.35. The molecule has 0 amide bonds. The molecular formula is C12H15NO4. The molecule has 1 aromatic carbocycles. The number of ether oxygens (including phenoxy) is 1. The lowest BCUT2D eigenvalue weighted by molar-refractivity contribution is 0.0692. The lowest BCUT2D eigenvalue weighted by Gasteiger charge is -2.08. The molecule has 0 radical (unpaired) electrons. The largest absolute Gasteiger partial charge is 0.493 e. The van der Waals surface area contributed by atoms with Gasteiger partial charge in [0.1, 0.15) is 18.4 Å². The van der Waals surface area contributed by atoms with Crippen LogP contribution >= 0.6 is 0 Å². The Hall–Kier alpha value is -2.04. The average molecular weight is 237 g/mol. The number of oxime groups is 1. The Morgan fingerprint density at radius 3 is 2.88 bits per heavy atom. The summed E-state index contributed by atoms with van der Waals surface area (Å²) in [7, 11) is 1.42. The van der Waals surface area contributed by atoms with Crippen LogP contribution in [0.1, 0.15) is 29.3 Å². The summed E-state index contributed by atoms with van der Waals surface area (Å²) in [6, 6.07) is 4.84. The van der Waals surface area contributed by atoms with E-state index >= 15 is 0 Å². The van der Waals surface area contributed by atoms with Crippen molar-refractivity contribution in [2.24, 2.45) is 5.16 Å². The third-order valence-corrected chi connectivity index (χ3v) is 2.00. The van der Waals surface area contributed by atoms with Gasteiger partial charge in [-0.3, -0.25) is 0 Å². The van der Waals surface area contributed by atoms with Crippen LogP contribution in [-0.4, -0.2) is 31.0 Å². The number of carbonyl (C=O) groups is 1. The van der Waals surface area contributed by atoms with Crippen LogP contribution in [-0.2, 0) is 4.84 Å². The Balaban J connectivity index is 2.99. The molecule has 0 atom stereocenters. The van der Waals surface area contributed by atoms with Gasteiger partial charge in [-0.2, -0.15) is 0 Å². The normalized spacial score (nSPS) is 10.5. The molecule has 1 aromatic rings. The average Bonchev–Trinajstić information content (AvgIpc) is 2.34. The molecule has 0 saturated heterocycles. The molecule has 0 fully saturated rings. The maximum absolute atomic E-state index is 11.1. The smallest absolute Gasteiger partial charge is 0.339 e. The van der Waals surface area contributed by atoms with Crippen molar-refractivity contribution in [2.45, 2.75) is 13.3 Å². The summed E-state index contributed by atoms with van der Waals surface area (Å²) in [6.45, 7) is 2.45. The van der Waals surface area contributed by atoms with Crippen LogP contribution in [0.2, 0.25) is 0 Å². The Morgan fingerprint density at radius 2 is 2.29 bits per heavy atom. The molecule has 0 heterocycles. The SMILES string of the molecule is CCCOc1ccc(C=NOC)cc1C(=O)O. The molecule has 1 rings (SSSR count). The fraction of sp³-hybridized carbons (Fsp3) is 0.333. The highest BCUT2D eigenvalue weighted by Gasteiger charge is 2.11. The summed E-state index contributed by atoms with van der Waals surface area (Å²) in [5, 5.41) is 12.6. The highest BCUT2D eigenvalue weighted by atomic mass is 16.6. The molecule has 0 aromatic heterocycles. The van der Waals surface area contributed by atoms with E-state index in [4.69, 9.17) is 9.84 Å². The molecule has 17 heavy (non-hydrogen) atoms. The van der Waals surface area contributed by atoms with E-state index in [9.17, 15) is 4.79 Å². The number of rotatable bonds is 6. The first-order chi connectivity index (χ1) is 8.19. The second-order valence-electron chi connectivity index (χ2n) is 3.33. The molecule has 1 N–H and O–H groups in total. The van der Waals surface area contributed by atoms with Crippen molar-refractivity contribution in [3.05, 3.63) is 29.3 Å². The number of hydrogen-bond acceptors (Lipinski definition) is 4. The third-order valence-electron chi connectivity index (χ3n) is 2.00. The second kappa shape index (κ2) is 6.52. The van der Waals surface area contributed by atoms with Gasteiger partial charge in [0.25, 0.3) is 0 Å². The quantitative estimate of drug-likeness (QED) is 0.608. The van der Waals surface area contributed by atoms with E-state index in [1.54, 1.807) is 12.1 Å². The van der Waals surface area contributed by atoms with E-state index in [1.807, 2.05) is 6.92 Å². The van der Waals surface area contributed by atoms with Crippen LogP contribution in [0.15, 0.2) is 23.4 Å². The first-order valence-corrected chi connectivity index (χ1v) is 5.25. The van der Waals surface area contributed by atoms with Crippen molar-refractivity contribution in [3.8, 4) is 5.75 Å². The highest BCUT2D eigenvalue weighted by molar-refractivity contribution is 5.93. The van der Waals surface area contributed by atoms with Gasteiger partial charge in [-0.05, 0) is 30.2 Å². The van der Waals surface area contributed by atoms with Crippen LogP contribution in [0, 0.1) is 0 Å². The molecule has 5 nitrogen and oxygen atoms in total. The van der Waals surface area contributed by atoms with E-state index < -0.39 is 5.97 Å². The molecule has 0 saturated carbocycles. The van der Waals surface area contributed by atoms with Gasteiger partial charge in [0, 0.05) is 0 Å². The zero-order valence-electron chi connectivity index (χ0n) is 9.84. The van der Waals surface area contributed by atoms with Crippen molar-refractivity contribution in [2.75, 3.05) is 13.7 Å². The van der Waals surface area contributed by atoms with Gasteiger partial charge in [0.05, 0.1) is 12.8 Å². The lowest BCUT2D eigenvalue weighted by Crippen LogP contribution is -2.04. The molecule has 92 valence electrons. The fourth-order valence-electron chi connectivity index (χ4n) is 1.25. The molecule has 0 aliphatic heterocycles. The summed E-state index contributed by atoms with van der Waals surface area (Å²) in [5.41, 5.74) is 0.770. The Morgan fingerprint density at radius 1 is 1.53 bits per heavy atom. The minimum absolute atomic E-state index is 0.124. The predicted octanol–water partition coefficient (Wildman–Crippen LogP) is 2.15. The third kappa shape index (κ3) is 3.79. The second-order valence-corrected chi connectivity index (χ2v) is 3.33. The number of benzene rings is 1. The van der Waals surface area contributed by atoms with Gasteiger partial charge in [-0.15, -0.1) is 0 Å². The number of carboxylic acids is 1. The molecule has 5 heteroatoms. The zero-order valence-corrected chi connectivity index (χ0v) is 9.84. The summed E-state index contributed by atoms with van der Waals surface area (Å²) in [4.78, 5) is 15.6. The van der Waals surface area contributed by atoms with Crippen molar-refractivity contribution >= 4 is 12.2 Å².